The first kappa shape index (κ1) is 21.6. The summed E-state index contributed by atoms with van der Waals surface area (Å²) < 4.78 is 0. The number of phenols is 6. The van der Waals surface area contributed by atoms with Gasteiger partial charge in [0, 0.05) is 6.07 Å². The minimum atomic E-state index is -1.22. The van der Waals surface area contributed by atoms with E-state index in [1.807, 2.05) is 0 Å². The molecule has 0 aliphatic heterocycles. The third-order valence-corrected chi connectivity index (χ3v) is 5.07. The molecule has 3 aromatic carbocycles. The molecule has 8 heteroatoms. The van der Waals surface area contributed by atoms with Crippen molar-refractivity contribution in [2.24, 2.45) is 0 Å². The Bertz CT molecular complexity index is 1110. The molecule has 3 aromatic rings. The molecule has 0 aromatic heterocycles. The fraction of sp³-hybridized carbons (Fsp3) is 0.174. The van der Waals surface area contributed by atoms with Crippen LogP contribution in [0.2, 0.25) is 0 Å². The van der Waals surface area contributed by atoms with Crippen molar-refractivity contribution in [1.82, 2.24) is 0 Å². The van der Waals surface area contributed by atoms with Crippen molar-refractivity contribution in [2.75, 3.05) is 0 Å². The van der Waals surface area contributed by atoms with Gasteiger partial charge < -0.3 is 35.7 Å². The van der Waals surface area contributed by atoms with Crippen molar-refractivity contribution in [2.45, 2.75) is 25.7 Å². The van der Waals surface area contributed by atoms with Crippen LogP contribution in [0, 0.1) is 0 Å². The van der Waals surface area contributed by atoms with Gasteiger partial charge in [-0.25, -0.2) is 4.79 Å². The molecule has 0 aliphatic rings. The van der Waals surface area contributed by atoms with Gasteiger partial charge in [-0.15, -0.1) is 0 Å². The zero-order valence-electron chi connectivity index (χ0n) is 16.4. The van der Waals surface area contributed by atoms with E-state index in [0.717, 1.165) is 0 Å². The molecule has 0 bridgehead atoms. The number of benzene rings is 3. The molecule has 31 heavy (non-hydrogen) atoms. The Morgan fingerprint density at radius 3 is 1.61 bits per heavy atom. The van der Waals surface area contributed by atoms with E-state index in [1.165, 1.54) is 30.3 Å². The largest absolute Gasteiger partial charge is 0.508 e. The summed E-state index contributed by atoms with van der Waals surface area (Å²) in [4.78, 5) is 11.0. The normalized spacial score (nSPS) is 10.8. The monoisotopic (exact) mass is 426 g/mol. The number of rotatable bonds is 7. The Morgan fingerprint density at radius 2 is 1.10 bits per heavy atom. The zero-order chi connectivity index (χ0) is 22.7. The number of aromatic hydroxyl groups is 6. The van der Waals surface area contributed by atoms with E-state index in [4.69, 9.17) is 5.11 Å². The number of carboxylic acid groups (broad SMARTS) is 1. The van der Waals surface area contributed by atoms with Gasteiger partial charge in [0.15, 0.2) is 17.2 Å². The predicted molar refractivity (Wildman–Crippen MR) is 111 cm³/mol. The van der Waals surface area contributed by atoms with Crippen LogP contribution in [0.15, 0.2) is 42.5 Å². The lowest BCUT2D eigenvalue weighted by atomic mass is 9.97. The van der Waals surface area contributed by atoms with Crippen LogP contribution >= 0.6 is 0 Å². The van der Waals surface area contributed by atoms with Gasteiger partial charge in [-0.2, -0.15) is 0 Å². The summed E-state index contributed by atoms with van der Waals surface area (Å²) >= 11 is 0. The first-order valence-electron chi connectivity index (χ1n) is 9.48. The first-order valence-corrected chi connectivity index (χ1v) is 9.48. The van der Waals surface area contributed by atoms with Gasteiger partial charge >= 0.3 is 5.97 Å². The van der Waals surface area contributed by atoms with E-state index in [1.54, 1.807) is 12.1 Å². The van der Waals surface area contributed by atoms with Crippen molar-refractivity contribution in [1.29, 1.82) is 0 Å². The molecular weight excluding hydrogens is 404 g/mol. The Kier molecular flexibility index (Phi) is 6.10. The molecule has 0 aliphatic carbocycles. The minimum Gasteiger partial charge on any atom is -0.508 e. The Labute approximate surface area is 177 Å². The van der Waals surface area contributed by atoms with Crippen molar-refractivity contribution in [3.63, 3.8) is 0 Å². The van der Waals surface area contributed by atoms with Crippen LogP contribution in [-0.2, 0) is 25.7 Å². The van der Waals surface area contributed by atoms with E-state index in [9.17, 15) is 35.4 Å². The predicted octanol–water partition coefficient (Wildman–Crippen LogP) is 3.19. The fourth-order valence-corrected chi connectivity index (χ4v) is 3.35. The average molecular weight is 426 g/mol. The standard InChI is InChI=1S/C23H22O8/c24-17-11-18(25)15(5-2-13-8-20(27)22(29)21(28)9-13)10-14(17)4-1-12-3-6-16(23(30)31)19(26)7-12/h3,6-11,24-29H,1-2,4-5H2,(H,30,31). The van der Waals surface area contributed by atoms with E-state index in [-0.39, 0.29) is 22.8 Å². The van der Waals surface area contributed by atoms with Crippen LogP contribution < -0.4 is 0 Å². The van der Waals surface area contributed by atoms with Gasteiger partial charge in [0.05, 0.1) is 0 Å². The fourth-order valence-electron chi connectivity index (χ4n) is 3.35. The Morgan fingerprint density at radius 1 is 0.581 bits per heavy atom. The number of hydrogen-bond donors (Lipinski definition) is 7. The highest BCUT2D eigenvalue weighted by molar-refractivity contribution is 5.90. The first-order chi connectivity index (χ1) is 14.7. The second kappa shape index (κ2) is 8.74. The van der Waals surface area contributed by atoms with Crippen molar-refractivity contribution in [3.8, 4) is 34.5 Å². The van der Waals surface area contributed by atoms with Crippen molar-refractivity contribution >= 4 is 5.97 Å². The summed E-state index contributed by atoms with van der Waals surface area (Å²) in [5.41, 5.74) is 2.15. The van der Waals surface area contributed by atoms with Crippen LogP contribution in [0.25, 0.3) is 0 Å². The molecule has 3 rings (SSSR count). The number of aryl methyl sites for hydroxylation is 4. The third kappa shape index (κ3) is 4.92. The topological polar surface area (TPSA) is 159 Å². The summed E-state index contributed by atoms with van der Waals surface area (Å²) in [7, 11) is 0. The second-order valence-electron chi connectivity index (χ2n) is 7.25. The van der Waals surface area contributed by atoms with Crippen LogP contribution in [0.1, 0.15) is 32.6 Å². The molecule has 8 nitrogen and oxygen atoms in total. The molecule has 0 amide bonds. The average Bonchev–Trinajstić information content (AvgIpc) is 2.70. The third-order valence-electron chi connectivity index (χ3n) is 5.07. The highest BCUT2D eigenvalue weighted by Gasteiger charge is 2.13. The lowest BCUT2D eigenvalue weighted by molar-refractivity contribution is 0.0693. The molecule has 0 saturated carbocycles. The molecule has 162 valence electrons. The quantitative estimate of drug-likeness (QED) is 0.284. The van der Waals surface area contributed by atoms with Gasteiger partial charge in [0.1, 0.15) is 22.8 Å². The Hall–Kier alpha value is -4.07. The summed E-state index contributed by atoms with van der Waals surface area (Å²) in [5.74, 6) is -3.22. The van der Waals surface area contributed by atoms with E-state index in [0.29, 0.717) is 47.9 Å². The maximum atomic E-state index is 11.0. The van der Waals surface area contributed by atoms with Gasteiger partial charge in [-0.05, 0) is 78.3 Å². The van der Waals surface area contributed by atoms with Crippen molar-refractivity contribution in [3.05, 3.63) is 70.3 Å². The highest BCUT2D eigenvalue weighted by atomic mass is 16.4. The summed E-state index contributed by atoms with van der Waals surface area (Å²) in [5, 5.41) is 67.8. The molecule has 0 unspecified atom stereocenters. The number of phenolic OH excluding ortho intramolecular Hbond substituents is 5. The minimum absolute atomic E-state index is 0.0902. The second-order valence-corrected chi connectivity index (χ2v) is 7.25. The summed E-state index contributed by atoms with van der Waals surface area (Å²) in [6, 6.07) is 9.80. The van der Waals surface area contributed by atoms with Gasteiger partial charge in [-0.3, -0.25) is 0 Å². The van der Waals surface area contributed by atoms with E-state index in [2.05, 4.69) is 0 Å². The van der Waals surface area contributed by atoms with Crippen molar-refractivity contribution < 1.29 is 40.5 Å². The molecule has 0 saturated heterocycles. The smallest absolute Gasteiger partial charge is 0.339 e. The van der Waals surface area contributed by atoms with E-state index < -0.39 is 23.2 Å². The number of carboxylic acids is 1. The molecule has 0 radical (unpaired) electrons. The molecule has 0 spiro atoms. The van der Waals surface area contributed by atoms with Crippen LogP contribution in [0.3, 0.4) is 0 Å². The number of hydrogen-bond acceptors (Lipinski definition) is 7. The lowest BCUT2D eigenvalue weighted by Crippen LogP contribution is -1.99. The SMILES string of the molecule is O=C(O)c1ccc(CCc2cc(CCc3cc(O)c(O)c(O)c3)c(O)cc2O)cc1O. The van der Waals surface area contributed by atoms with Gasteiger partial charge in [0.2, 0.25) is 0 Å². The van der Waals surface area contributed by atoms with Gasteiger partial charge in [-0.1, -0.05) is 6.07 Å². The zero-order valence-corrected chi connectivity index (χ0v) is 16.4. The number of aromatic carboxylic acids is 1. The van der Waals surface area contributed by atoms with Crippen LogP contribution in [0.4, 0.5) is 0 Å². The molecule has 0 fully saturated rings. The summed E-state index contributed by atoms with van der Waals surface area (Å²) in [6.07, 6.45) is 1.50. The Balaban J connectivity index is 1.73. The molecular formula is C23H22O8. The lowest BCUT2D eigenvalue weighted by Gasteiger charge is -2.12. The molecule has 0 atom stereocenters. The molecule has 7 N–H and O–H groups in total. The molecule has 0 heterocycles. The van der Waals surface area contributed by atoms with E-state index >= 15 is 0 Å². The van der Waals surface area contributed by atoms with Crippen LogP contribution in [0.5, 0.6) is 34.5 Å². The number of carbonyl (C=O) groups is 1. The van der Waals surface area contributed by atoms with Crippen LogP contribution in [-0.4, -0.2) is 41.7 Å². The summed E-state index contributed by atoms with van der Waals surface area (Å²) in [6.45, 7) is 0. The maximum absolute atomic E-state index is 11.0. The maximum Gasteiger partial charge on any atom is 0.339 e. The van der Waals surface area contributed by atoms with Gasteiger partial charge in [0.25, 0.3) is 0 Å². The highest BCUT2D eigenvalue weighted by Crippen LogP contribution is 2.36.